The van der Waals surface area contributed by atoms with Crippen molar-refractivity contribution in [2.45, 2.75) is 19.9 Å². The van der Waals surface area contributed by atoms with E-state index in [0.717, 1.165) is 26.4 Å². The Hall–Kier alpha value is -1.06. The Morgan fingerprint density at radius 3 is 2.78 bits per heavy atom. The van der Waals surface area contributed by atoms with E-state index in [2.05, 4.69) is 33.2 Å². The summed E-state index contributed by atoms with van der Waals surface area (Å²) >= 11 is 9.50. The highest BCUT2D eigenvalue weighted by atomic mass is 79.9. The SMILES string of the molecule is Cc1cnc(NC(C)c2cccc(Cl)c2)c(Br)c1. The Bertz CT molecular complexity index is 557. The van der Waals surface area contributed by atoms with Gasteiger partial charge in [0.05, 0.1) is 10.5 Å². The third kappa shape index (κ3) is 3.24. The minimum atomic E-state index is 0.148. The summed E-state index contributed by atoms with van der Waals surface area (Å²) in [5, 5.41) is 4.11. The summed E-state index contributed by atoms with van der Waals surface area (Å²) in [6.45, 7) is 4.10. The highest BCUT2D eigenvalue weighted by Gasteiger charge is 2.08. The molecule has 1 atom stereocenters. The predicted octanol–water partition coefficient (Wildman–Crippen LogP) is 4.98. The van der Waals surface area contributed by atoms with Crippen LogP contribution in [0.5, 0.6) is 0 Å². The van der Waals surface area contributed by atoms with E-state index in [1.807, 2.05) is 43.5 Å². The van der Waals surface area contributed by atoms with Gasteiger partial charge in [-0.25, -0.2) is 4.98 Å². The van der Waals surface area contributed by atoms with Crippen molar-refractivity contribution in [2.24, 2.45) is 0 Å². The van der Waals surface area contributed by atoms with Crippen molar-refractivity contribution >= 4 is 33.3 Å². The molecule has 1 unspecified atom stereocenters. The molecule has 4 heteroatoms. The van der Waals surface area contributed by atoms with Gasteiger partial charge in [-0.1, -0.05) is 23.7 Å². The molecule has 2 nitrogen and oxygen atoms in total. The van der Waals surface area contributed by atoms with Gasteiger partial charge in [0.15, 0.2) is 0 Å². The zero-order chi connectivity index (χ0) is 13.1. The molecule has 0 saturated heterocycles. The van der Waals surface area contributed by atoms with Crippen molar-refractivity contribution in [3.05, 3.63) is 57.2 Å². The second kappa shape index (κ2) is 5.72. The van der Waals surface area contributed by atoms with E-state index >= 15 is 0 Å². The first kappa shape index (κ1) is 13.4. The molecule has 94 valence electrons. The molecule has 18 heavy (non-hydrogen) atoms. The maximum absolute atomic E-state index is 5.99. The lowest BCUT2D eigenvalue weighted by atomic mass is 10.1. The number of halogens is 2. The minimum Gasteiger partial charge on any atom is -0.363 e. The van der Waals surface area contributed by atoms with Gasteiger partial charge < -0.3 is 5.32 Å². The Morgan fingerprint density at radius 1 is 1.33 bits per heavy atom. The lowest BCUT2D eigenvalue weighted by Crippen LogP contribution is -2.08. The van der Waals surface area contributed by atoms with E-state index in [1.165, 1.54) is 0 Å². The summed E-state index contributed by atoms with van der Waals surface area (Å²) in [6, 6.07) is 10.0. The van der Waals surface area contributed by atoms with Crippen molar-refractivity contribution in [3.8, 4) is 0 Å². The smallest absolute Gasteiger partial charge is 0.140 e. The predicted molar refractivity (Wildman–Crippen MR) is 80.2 cm³/mol. The fraction of sp³-hybridized carbons (Fsp3) is 0.214. The fourth-order valence-corrected chi connectivity index (χ4v) is 2.48. The molecule has 0 amide bonds. The third-order valence-corrected chi connectivity index (χ3v) is 3.52. The van der Waals surface area contributed by atoms with Crippen molar-refractivity contribution < 1.29 is 0 Å². The van der Waals surface area contributed by atoms with Gasteiger partial charge in [-0.05, 0) is 59.1 Å². The summed E-state index contributed by atoms with van der Waals surface area (Å²) < 4.78 is 0.969. The summed E-state index contributed by atoms with van der Waals surface area (Å²) in [4.78, 5) is 4.37. The van der Waals surface area contributed by atoms with Crippen LogP contribution in [0.1, 0.15) is 24.1 Å². The number of hydrogen-bond donors (Lipinski definition) is 1. The van der Waals surface area contributed by atoms with E-state index < -0.39 is 0 Å². The molecule has 0 aliphatic rings. The van der Waals surface area contributed by atoms with Gasteiger partial charge in [-0.15, -0.1) is 0 Å². The van der Waals surface area contributed by atoms with Crippen LogP contribution < -0.4 is 5.32 Å². The van der Waals surface area contributed by atoms with Crippen LogP contribution in [-0.2, 0) is 0 Å². The third-order valence-electron chi connectivity index (χ3n) is 2.68. The van der Waals surface area contributed by atoms with Crippen LogP contribution in [0.15, 0.2) is 41.0 Å². The highest BCUT2D eigenvalue weighted by Crippen LogP contribution is 2.26. The molecule has 0 spiro atoms. The van der Waals surface area contributed by atoms with E-state index in [1.54, 1.807) is 0 Å². The van der Waals surface area contributed by atoms with E-state index in [9.17, 15) is 0 Å². The molecular formula is C14H14BrClN2. The number of aromatic nitrogens is 1. The average molecular weight is 326 g/mol. The van der Waals surface area contributed by atoms with Crippen LogP contribution in [-0.4, -0.2) is 4.98 Å². The quantitative estimate of drug-likeness (QED) is 0.861. The lowest BCUT2D eigenvalue weighted by Gasteiger charge is -2.16. The molecule has 0 fully saturated rings. The van der Waals surface area contributed by atoms with Crippen LogP contribution in [0.25, 0.3) is 0 Å². The summed E-state index contributed by atoms with van der Waals surface area (Å²) in [7, 11) is 0. The number of pyridine rings is 1. The van der Waals surface area contributed by atoms with Crippen molar-refractivity contribution in [1.82, 2.24) is 4.98 Å². The first-order chi connectivity index (χ1) is 8.56. The van der Waals surface area contributed by atoms with Crippen molar-refractivity contribution in [2.75, 3.05) is 5.32 Å². The minimum absolute atomic E-state index is 0.148. The maximum Gasteiger partial charge on any atom is 0.140 e. The summed E-state index contributed by atoms with van der Waals surface area (Å²) in [5.74, 6) is 0.841. The van der Waals surface area contributed by atoms with Gasteiger partial charge in [0, 0.05) is 11.2 Å². The Labute approximate surface area is 121 Å². The van der Waals surface area contributed by atoms with Gasteiger partial charge in [0.2, 0.25) is 0 Å². The van der Waals surface area contributed by atoms with Crippen LogP contribution >= 0.6 is 27.5 Å². The zero-order valence-corrected chi connectivity index (χ0v) is 12.6. The number of nitrogens with zero attached hydrogens (tertiary/aromatic N) is 1. The average Bonchev–Trinajstić information content (AvgIpc) is 2.32. The standard InChI is InChI=1S/C14H14BrClN2/c1-9-6-13(15)14(17-8-9)18-10(2)11-4-3-5-12(16)7-11/h3-8,10H,1-2H3,(H,17,18). The normalized spacial score (nSPS) is 12.2. The van der Waals surface area contributed by atoms with Gasteiger partial charge in [-0.2, -0.15) is 0 Å². The Balaban J connectivity index is 2.18. The van der Waals surface area contributed by atoms with E-state index in [0.29, 0.717) is 0 Å². The number of nitrogens with one attached hydrogen (secondary N) is 1. The van der Waals surface area contributed by atoms with E-state index in [4.69, 9.17) is 11.6 Å². The fourth-order valence-electron chi connectivity index (χ4n) is 1.70. The van der Waals surface area contributed by atoms with Crippen LogP contribution in [0.3, 0.4) is 0 Å². The van der Waals surface area contributed by atoms with Crippen LogP contribution in [0.4, 0.5) is 5.82 Å². The van der Waals surface area contributed by atoms with Crippen molar-refractivity contribution in [1.29, 1.82) is 0 Å². The van der Waals surface area contributed by atoms with Crippen LogP contribution in [0.2, 0.25) is 5.02 Å². The Morgan fingerprint density at radius 2 is 2.11 bits per heavy atom. The van der Waals surface area contributed by atoms with E-state index in [-0.39, 0.29) is 6.04 Å². The number of hydrogen-bond acceptors (Lipinski definition) is 2. The molecule has 1 aromatic carbocycles. The lowest BCUT2D eigenvalue weighted by molar-refractivity contribution is 0.872. The highest BCUT2D eigenvalue weighted by molar-refractivity contribution is 9.10. The van der Waals surface area contributed by atoms with Crippen molar-refractivity contribution in [3.63, 3.8) is 0 Å². The topological polar surface area (TPSA) is 24.9 Å². The monoisotopic (exact) mass is 324 g/mol. The molecule has 0 bridgehead atoms. The summed E-state index contributed by atoms with van der Waals surface area (Å²) in [6.07, 6.45) is 1.85. The second-order valence-electron chi connectivity index (χ2n) is 4.26. The molecule has 2 rings (SSSR count). The van der Waals surface area contributed by atoms with Gasteiger partial charge in [-0.3, -0.25) is 0 Å². The van der Waals surface area contributed by atoms with Gasteiger partial charge in [0.25, 0.3) is 0 Å². The van der Waals surface area contributed by atoms with Gasteiger partial charge in [0.1, 0.15) is 5.82 Å². The molecule has 0 aliphatic carbocycles. The van der Waals surface area contributed by atoms with Gasteiger partial charge >= 0.3 is 0 Å². The molecule has 0 saturated carbocycles. The van der Waals surface area contributed by atoms with Crippen LogP contribution in [0, 0.1) is 6.92 Å². The molecule has 0 radical (unpaired) electrons. The maximum atomic E-state index is 5.99. The largest absolute Gasteiger partial charge is 0.363 e. The molecule has 1 heterocycles. The number of benzene rings is 1. The summed E-state index contributed by atoms with van der Waals surface area (Å²) in [5.41, 5.74) is 2.26. The first-order valence-electron chi connectivity index (χ1n) is 5.70. The zero-order valence-electron chi connectivity index (χ0n) is 10.2. The number of anilines is 1. The molecule has 2 aromatic rings. The molecule has 0 aliphatic heterocycles. The number of rotatable bonds is 3. The molecular weight excluding hydrogens is 312 g/mol. The molecule has 1 aromatic heterocycles. The Kier molecular flexibility index (Phi) is 4.25. The first-order valence-corrected chi connectivity index (χ1v) is 6.87. The molecule has 1 N–H and O–H groups in total. The second-order valence-corrected chi connectivity index (χ2v) is 5.55. The number of aryl methyl sites for hydroxylation is 1.